The fourth-order valence-corrected chi connectivity index (χ4v) is 4.36. The third-order valence-corrected chi connectivity index (χ3v) is 6.63. The fourth-order valence-electron chi connectivity index (χ4n) is 3.22. The van der Waals surface area contributed by atoms with Crippen LogP contribution in [-0.2, 0) is 14.8 Å². The Morgan fingerprint density at radius 2 is 1.62 bits per heavy atom. The zero-order chi connectivity index (χ0) is 23.3. The van der Waals surface area contributed by atoms with Crippen molar-refractivity contribution in [1.82, 2.24) is 5.32 Å². The number of sulfonamides is 1. The Morgan fingerprint density at radius 3 is 2.28 bits per heavy atom. The SMILES string of the molecule is Cc1ccc(NS(=O)(=O)c2ccc(OCC(=O)N[C@H](C)c3ccccc3)c(C)c2)cc1C. The molecule has 0 aliphatic carbocycles. The Kier molecular flexibility index (Phi) is 7.20. The summed E-state index contributed by atoms with van der Waals surface area (Å²) in [6.07, 6.45) is 0. The highest BCUT2D eigenvalue weighted by Gasteiger charge is 2.17. The summed E-state index contributed by atoms with van der Waals surface area (Å²) in [6.45, 7) is 7.39. The summed E-state index contributed by atoms with van der Waals surface area (Å²) in [5.41, 5.74) is 4.23. The molecule has 3 aromatic rings. The van der Waals surface area contributed by atoms with Crippen LogP contribution < -0.4 is 14.8 Å². The molecule has 0 fully saturated rings. The smallest absolute Gasteiger partial charge is 0.261 e. The molecule has 0 bridgehead atoms. The van der Waals surface area contributed by atoms with E-state index in [1.54, 1.807) is 25.1 Å². The van der Waals surface area contributed by atoms with Crippen LogP contribution in [0.25, 0.3) is 0 Å². The summed E-state index contributed by atoms with van der Waals surface area (Å²) in [6, 6.07) is 19.5. The van der Waals surface area contributed by atoms with E-state index >= 15 is 0 Å². The molecule has 0 spiro atoms. The topological polar surface area (TPSA) is 84.5 Å². The van der Waals surface area contributed by atoms with Crippen LogP contribution in [0, 0.1) is 20.8 Å². The van der Waals surface area contributed by atoms with Crippen LogP contribution in [0.15, 0.2) is 71.6 Å². The van der Waals surface area contributed by atoms with Gasteiger partial charge in [-0.25, -0.2) is 8.42 Å². The number of aryl methyl sites for hydroxylation is 3. The molecule has 1 amide bonds. The zero-order valence-electron chi connectivity index (χ0n) is 18.7. The van der Waals surface area contributed by atoms with Crippen molar-refractivity contribution in [2.45, 2.75) is 38.6 Å². The number of nitrogens with one attached hydrogen (secondary N) is 2. The van der Waals surface area contributed by atoms with Crippen LogP contribution in [0.5, 0.6) is 5.75 Å². The molecular weight excluding hydrogens is 424 g/mol. The van der Waals surface area contributed by atoms with Crippen molar-refractivity contribution in [3.05, 3.63) is 89.0 Å². The second-order valence-corrected chi connectivity index (χ2v) is 9.50. The average molecular weight is 453 g/mol. The third-order valence-electron chi connectivity index (χ3n) is 5.25. The minimum absolute atomic E-state index is 0.128. The molecular formula is C25H28N2O4S. The van der Waals surface area contributed by atoms with Gasteiger partial charge in [-0.15, -0.1) is 0 Å². The second kappa shape index (κ2) is 9.87. The Balaban J connectivity index is 1.63. The highest BCUT2D eigenvalue weighted by Crippen LogP contribution is 2.24. The first-order valence-corrected chi connectivity index (χ1v) is 11.8. The lowest BCUT2D eigenvalue weighted by Gasteiger charge is -2.16. The lowest BCUT2D eigenvalue weighted by Crippen LogP contribution is -2.31. The highest BCUT2D eigenvalue weighted by molar-refractivity contribution is 7.92. The van der Waals surface area contributed by atoms with Crippen molar-refractivity contribution >= 4 is 21.6 Å². The molecule has 3 rings (SSSR count). The van der Waals surface area contributed by atoms with Gasteiger partial charge in [0.25, 0.3) is 15.9 Å². The first-order valence-electron chi connectivity index (χ1n) is 10.3. The van der Waals surface area contributed by atoms with E-state index in [2.05, 4.69) is 10.0 Å². The number of carbonyl (C=O) groups is 1. The lowest BCUT2D eigenvalue weighted by atomic mass is 10.1. The van der Waals surface area contributed by atoms with Crippen LogP contribution >= 0.6 is 0 Å². The predicted octanol–water partition coefficient (Wildman–Crippen LogP) is 4.67. The molecule has 0 saturated heterocycles. The Hall–Kier alpha value is -3.32. The molecule has 6 nitrogen and oxygen atoms in total. The van der Waals surface area contributed by atoms with Gasteiger partial charge in [-0.1, -0.05) is 36.4 Å². The lowest BCUT2D eigenvalue weighted by molar-refractivity contribution is -0.123. The molecule has 0 aromatic heterocycles. The first kappa shape index (κ1) is 23.3. The van der Waals surface area contributed by atoms with Crippen LogP contribution in [-0.4, -0.2) is 20.9 Å². The maximum Gasteiger partial charge on any atom is 0.261 e. The Morgan fingerprint density at radius 1 is 0.906 bits per heavy atom. The Bertz CT molecular complexity index is 1210. The van der Waals surface area contributed by atoms with Gasteiger partial charge in [-0.05, 0) is 80.3 Å². The van der Waals surface area contributed by atoms with Gasteiger partial charge in [0.1, 0.15) is 5.75 Å². The number of rotatable bonds is 8. The molecule has 1 atom stereocenters. The number of carbonyl (C=O) groups excluding carboxylic acids is 1. The largest absolute Gasteiger partial charge is 0.484 e. The van der Waals surface area contributed by atoms with Crippen LogP contribution in [0.1, 0.15) is 35.2 Å². The maximum absolute atomic E-state index is 12.8. The predicted molar refractivity (Wildman–Crippen MR) is 126 cm³/mol. The van der Waals surface area contributed by atoms with Crippen molar-refractivity contribution in [3.8, 4) is 5.75 Å². The molecule has 0 aliphatic heterocycles. The summed E-state index contributed by atoms with van der Waals surface area (Å²) < 4.78 is 33.8. The van der Waals surface area contributed by atoms with Crippen LogP contribution in [0.3, 0.4) is 0 Å². The van der Waals surface area contributed by atoms with Gasteiger partial charge < -0.3 is 10.1 Å². The van der Waals surface area contributed by atoms with Gasteiger partial charge in [0, 0.05) is 5.69 Å². The number of benzene rings is 3. The molecule has 2 N–H and O–H groups in total. The van der Waals surface area contributed by atoms with Crippen molar-refractivity contribution in [1.29, 1.82) is 0 Å². The van der Waals surface area contributed by atoms with Crippen molar-refractivity contribution in [3.63, 3.8) is 0 Å². The van der Waals surface area contributed by atoms with Crippen molar-refractivity contribution in [2.24, 2.45) is 0 Å². The van der Waals surface area contributed by atoms with Crippen LogP contribution in [0.4, 0.5) is 5.69 Å². The van der Waals surface area contributed by atoms with E-state index in [-0.39, 0.29) is 23.5 Å². The monoisotopic (exact) mass is 452 g/mol. The minimum atomic E-state index is -3.74. The number of hydrogen-bond donors (Lipinski definition) is 2. The van der Waals surface area contributed by atoms with Gasteiger partial charge in [0.15, 0.2) is 6.61 Å². The van der Waals surface area contributed by atoms with E-state index in [0.717, 1.165) is 16.7 Å². The maximum atomic E-state index is 12.8. The van der Waals surface area contributed by atoms with Crippen molar-refractivity contribution < 1.29 is 17.9 Å². The quantitative estimate of drug-likeness (QED) is 0.520. The molecule has 168 valence electrons. The van der Waals surface area contributed by atoms with Gasteiger partial charge in [0.05, 0.1) is 10.9 Å². The van der Waals surface area contributed by atoms with E-state index in [1.165, 1.54) is 12.1 Å². The standard InChI is InChI=1S/C25H28N2O4S/c1-17-10-11-22(14-18(17)2)27-32(29,30)23-12-13-24(19(3)15-23)31-16-25(28)26-20(4)21-8-6-5-7-9-21/h5-15,20,27H,16H2,1-4H3,(H,26,28)/t20-/m1/s1. The highest BCUT2D eigenvalue weighted by atomic mass is 32.2. The summed E-state index contributed by atoms with van der Waals surface area (Å²) in [5, 5.41) is 2.89. The summed E-state index contributed by atoms with van der Waals surface area (Å²) in [4.78, 5) is 12.4. The number of amides is 1. The molecule has 32 heavy (non-hydrogen) atoms. The summed E-state index contributed by atoms with van der Waals surface area (Å²) in [7, 11) is -3.74. The van der Waals surface area contributed by atoms with Crippen molar-refractivity contribution in [2.75, 3.05) is 11.3 Å². The molecule has 3 aromatic carbocycles. The molecule has 0 unspecified atom stereocenters. The van der Waals surface area contributed by atoms with Gasteiger partial charge >= 0.3 is 0 Å². The van der Waals surface area contributed by atoms with E-state index in [9.17, 15) is 13.2 Å². The van der Waals surface area contributed by atoms with Gasteiger partial charge in [0.2, 0.25) is 0 Å². The zero-order valence-corrected chi connectivity index (χ0v) is 19.5. The molecule has 0 saturated carbocycles. The normalized spacial score (nSPS) is 12.1. The van der Waals surface area contributed by atoms with E-state index < -0.39 is 10.0 Å². The average Bonchev–Trinajstić information content (AvgIpc) is 2.75. The Labute approximate surface area is 189 Å². The number of ether oxygens (including phenoxy) is 1. The minimum Gasteiger partial charge on any atom is -0.484 e. The number of anilines is 1. The summed E-state index contributed by atoms with van der Waals surface area (Å²) in [5.74, 6) is 0.200. The van der Waals surface area contributed by atoms with E-state index in [1.807, 2.05) is 57.2 Å². The first-order chi connectivity index (χ1) is 15.2. The third kappa shape index (κ3) is 5.88. The molecule has 7 heteroatoms. The van der Waals surface area contributed by atoms with Gasteiger partial charge in [-0.3, -0.25) is 9.52 Å². The summed E-state index contributed by atoms with van der Waals surface area (Å²) >= 11 is 0. The molecule has 0 heterocycles. The van der Waals surface area contributed by atoms with Gasteiger partial charge in [-0.2, -0.15) is 0 Å². The fraction of sp³-hybridized carbons (Fsp3) is 0.240. The van der Waals surface area contributed by atoms with Crippen LogP contribution in [0.2, 0.25) is 0 Å². The molecule has 0 radical (unpaired) electrons. The van der Waals surface area contributed by atoms with E-state index in [0.29, 0.717) is 17.0 Å². The number of hydrogen-bond acceptors (Lipinski definition) is 4. The molecule has 0 aliphatic rings. The second-order valence-electron chi connectivity index (χ2n) is 7.82. The van der Waals surface area contributed by atoms with E-state index in [4.69, 9.17) is 4.74 Å².